The van der Waals surface area contributed by atoms with Crippen LogP contribution in [0, 0.1) is 5.92 Å². The van der Waals surface area contributed by atoms with E-state index in [1.165, 1.54) is 23.6 Å². The lowest BCUT2D eigenvalue weighted by atomic mass is 10.1. The molecular weight excluding hydrogens is 312 g/mol. The molecule has 2 heterocycles. The fraction of sp³-hybridized carbons (Fsp3) is 0.231. The van der Waals surface area contributed by atoms with Crippen molar-refractivity contribution in [2.45, 2.75) is 17.4 Å². The van der Waals surface area contributed by atoms with E-state index >= 15 is 0 Å². The van der Waals surface area contributed by atoms with Crippen LogP contribution in [0.25, 0.3) is 10.2 Å². The van der Waals surface area contributed by atoms with E-state index in [-0.39, 0.29) is 11.3 Å². The topological polar surface area (TPSA) is 96.4 Å². The van der Waals surface area contributed by atoms with Gasteiger partial charge in [-0.15, -0.1) is 11.3 Å². The molecule has 2 aromatic rings. The van der Waals surface area contributed by atoms with Crippen LogP contribution >= 0.6 is 11.3 Å². The van der Waals surface area contributed by atoms with E-state index in [9.17, 15) is 13.2 Å². The lowest BCUT2D eigenvalue weighted by Crippen LogP contribution is -2.33. The maximum atomic E-state index is 12.3. The third kappa shape index (κ3) is 2.82. The van der Waals surface area contributed by atoms with Gasteiger partial charge in [-0.25, -0.2) is 13.1 Å². The minimum atomic E-state index is -3.71. The van der Waals surface area contributed by atoms with Crippen molar-refractivity contribution < 1.29 is 18.3 Å². The summed E-state index contributed by atoms with van der Waals surface area (Å²) in [7, 11) is -3.71. The van der Waals surface area contributed by atoms with Crippen LogP contribution in [0.5, 0.6) is 0 Å². The van der Waals surface area contributed by atoms with Crippen LogP contribution in [0.1, 0.15) is 6.42 Å². The minimum absolute atomic E-state index is 0.0876. The number of nitrogens with zero attached hydrogens (tertiary/aromatic N) is 1. The molecule has 1 aliphatic rings. The average molecular weight is 324 g/mol. The third-order valence-corrected chi connectivity index (χ3v) is 5.61. The van der Waals surface area contributed by atoms with Crippen LogP contribution in [0.15, 0.2) is 40.8 Å². The van der Waals surface area contributed by atoms with Crippen molar-refractivity contribution in [3.8, 4) is 0 Å². The SMILES string of the molecule is O=C(O)C1C=CC(NS(=O)(=O)c2cnc3ccsc3c2)C1. The van der Waals surface area contributed by atoms with E-state index in [1.54, 1.807) is 12.1 Å². The highest BCUT2D eigenvalue weighted by atomic mass is 32.2. The molecule has 0 radical (unpaired) electrons. The van der Waals surface area contributed by atoms with Crippen molar-refractivity contribution in [1.29, 1.82) is 0 Å². The average Bonchev–Trinajstić information content (AvgIpc) is 3.05. The molecule has 0 amide bonds. The zero-order valence-electron chi connectivity index (χ0n) is 10.8. The lowest BCUT2D eigenvalue weighted by molar-refractivity contribution is -0.140. The van der Waals surface area contributed by atoms with Gasteiger partial charge in [-0.1, -0.05) is 12.2 Å². The first-order valence-corrected chi connectivity index (χ1v) is 8.59. The van der Waals surface area contributed by atoms with Crippen molar-refractivity contribution in [3.05, 3.63) is 35.9 Å². The molecule has 6 nitrogen and oxygen atoms in total. The molecule has 110 valence electrons. The third-order valence-electron chi connectivity index (χ3n) is 3.30. The first-order valence-electron chi connectivity index (χ1n) is 6.22. The normalized spacial score (nSPS) is 21.9. The Bertz CT molecular complexity index is 826. The fourth-order valence-corrected chi connectivity index (χ4v) is 4.24. The first kappa shape index (κ1) is 14.2. The Balaban J connectivity index is 1.81. The number of pyridine rings is 1. The Hall–Kier alpha value is -1.77. The summed E-state index contributed by atoms with van der Waals surface area (Å²) >= 11 is 1.42. The van der Waals surface area contributed by atoms with Gasteiger partial charge < -0.3 is 5.11 Å². The predicted octanol–water partition coefficient (Wildman–Crippen LogP) is 1.60. The Morgan fingerprint density at radius 3 is 2.95 bits per heavy atom. The van der Waals surface area contributed by atoms with Gasteiger partial charge >= 0.3 is 5.97 Å². The Morgan fingerprint density at radius 1 is 1.43 bits per heavy atom. The smallest absolute Gasteiger partial charge is 0.310 e. The summed E-state index contributed by atoms with van der Waals surface area (Å²) in [4.78, 5) is 15.1. The molecule has 8 heteroatoms. The fourth-order valence-electron chi connectivity index (χ4n) is 2.21. The summed E-state index contributed by atoms with van der Waals surface area (Å²) < 4.78 is 27.9. The number of carbonyl (C=O) groups is 1. The summed E-state index contributed by atoms with van der Waals surface area (Å²) in [5, 5.41) is 10.7. The molecular formula is C13H12N2O4S2. The highest BCUT2D eigenvalue weighted by molar-refractivity contribution is 7.89. The molecule has 2 aromatic heterocycles. The summed E-state index contributed by atoms with van der Waals surface area (Å²) in [6.07, 6.45) is 4.62. The van der Waals surface area contributed by atoms with Crippen LogP contribution in [-0.2, 0) is 14.8 Å². The molecule has 2 N–H and O–H groups in total. The van der Waals surface area contributed by atoms with Crippen LogP contribution in [-0.4, -0.2) is 30.5 Å². The van der Waals surface area contributed by atoms with Crippen LogP contribution in [0.3, 0.4) is 0 Å². The van der Waals surface area contributed by atoms with E-state index in [0.717, 1.165) is 10.2 Å². The highest BCUT2D eigenvalue weighted by Crippen LogP contribution is 2.23. The maximum Gasteiger partial charge on any atom is 0.310 e. The van der Waals surface area contributed by atoms with Gasteiger partial charge in [-0.3, -0.25) is 9.78 Å². The summed E-state index contributed by atoms with van der Waals surface area (Å²) in [6.45, 7) is 0. The molecule has 0 saturated carbocycles. The number of aliphatic carboxylic acids is 1. The predicted molar refractivity (Wildman–Crippen MR) is 78.6 cm³/mol. The second-order valence-corrected chi connectivity index (χ2v) is 7.43. The van der Waals surface area contributed by atoms with E-state index in [2.05, 4.69) is 9.71 Å². The van der Waals surface area contributed by atoms with E-state index in [4.69, 9.17) is 5.11 Å². The van der Waals surface area contributed by atoms with Crippen molar-refractivity contribution in [3.63, 3.8) is 0 Å². The van der Waals surface area contributed by atoms with Crippen molar-refractivity contribution >= 4 is 37.5 Å². The number of sulfonamides is 1. The highest BCUT2D eigenvalue weighted by Gasteiger charge is 2.28. The lowest BCUT2D eigenvalue weighted by Gasteiger charge is -2.12. The molecule has 0 aromatic carbocycles. The quantitative estimate of drug-likeness (QED) is 0.833. The van der Waals surface area contributed by atoms with E-state index in [1.807, 2.05) is 11.4 Å². The molecule has 3 rings (SSSR count). The first-order chi connectivity index (χ1) is 9.95. The number of carboxylic acid groups (broad SMARTS) is 1. The standard InChI is InChI=1S/C13H12N2O4S2/c16-13(17)8-1-2-9(5-8)15-21(18,19)10-6-12-11(14-7-10)3-4-20-12/h1-4,6-9,15H,5H2,(H,16,17). The number of carboxylic acids is 1. The molecule has 0 fully saturated rings. The molecule has 0 spiro atoms. The Kier molecular flexibility index (Phi) is 3.52. The zero-order chi connectivity index (χ0) is 15.0. The van der Waals surface area contributed by atoms with Crippen LogP contribution in [0.4, 0.5) is 0 Å². The van der Waals surface area contributed by atoms with Crippen molar-refractivity contribution in [2.24, 2.45) is 5.92 Å². The molecule has 2 atom stereocenters. The molecule has 0 saturated heterocycles. The van der Waals surface area contributed by atoms with Gasteiger partial charge in [0.05, 0.1) is 16.1 Å². The Morgan fingerprint density at radius 2 is 2.24 bits per heavy atom. The summed E-state index contributed by atoms with van der Waals surface area (Å²) in [5.41, 5.74) is 0.755. The minimum Gasteiger partial charge on any atom is -0.481 e. The van der Waals surface area contributed by atoms with Gasteiger partial charge in [0.15, 0.2) is 0 Å². The largest absolute Gasteiger partial charge is 0.481 e. The molecule has 21 heavy (non-hydrogen) atoms. The van der Waals surface area contributed by atoms with Crippen LogP contribution in [0.2, 0.25) is 0 Å². The summed E-state index contributed by atoms with van der Waals surface area (Å²) in [5.74, 6) is -1.59. The van der Waals surface area contributed by atoms with E-state index < -0.39 is 28.0 Å². The second kappa shape index (κ2) is 5.21. The molecule has 0 aliphatic heterocycles. The van der Waals surface area contributed by atoms with Gasteiger partial charge in [0, 0.05) is 12.2 Å². The van der Waals surface area contributed by atoms with Gasteiger partial charge in [0.1, 0.15) is 4.90 Å². The van der Waals surface area contributed by atoms with Gasteiger partial charge in [0.25, 0.3) is 0 Å². The number of fused-ring (bicyclic) bond motifs is 1. The molecule has 2 unspecified atom stereocenters. The zero-order valence-corrected chi connectivity index (χ0v) is 12.4. The monoisotopic (exact) mass is 324 g/mol. The molecule has 1 aliphatic carbocycles. The van der Waals surface area contributed by atoms with E-state index in [0.29, 0.717) is 0 Å². The summed E-state index contributed by atoms with van der Waals surface area (Å²) in [6, 6.07) is 2.89. The number of rotatable bonds is 4. The number of hydrogen-bond donors (Lipinski definition) is 2. The van der Waals surface area contributed by atoms with Gasteiger partial charge in [-0.2, -0.15) is 0 Å². The second-order valence-electron chi connectivity index (χ2n) is 4.77. The van der Waals surface area contributed by atoms with Crippen molar-refractivity contribution in [2.75, 3.05) is 0 Å². The number of hydrogen-bond acceptors (Lipinski definition) is 5. The maximum absolute atomic E-state index is 12.3. The Labute approximate surface area is 125 Å². The van der Waals surface area contributed by atoms with Crippen LogP contribution < -0.4 is 4.72 Å². The number of aromatic nitrogens is 1. The number of thiophene rings is 1. The van der Waals surface area contributed by atoms with Gasteiger partial charge in [-0.05, 0) is 23.9 Å². The number of nitrogens with one attached hydrogen (secondary N) is 1. The molecule has 0 bridgehead atoms. The van der Waals surface area contributed by atoms with Gasteiger partial charge in [0.2, 0.25) is 10.0 Å². The van der Waals surface area contributed by atoms with Crippen molar-refractivity contribution in [1.82, 2.24) is 9.71 Å².